The number of amides is 1. The van der Waals surface area contributed by atoms with E-state index in [1.54, 1.807) is 0 Å². The van der Waals surface area contributed by atoms with E-state index in [9.17, 15) is 14.7 Å². The normalized spacial score (nSPS) is 23.9. The molecule has 118 valence electrons. The second kappa shape index (κ2) is 5.10. The summed E-state index contributed by atoms with van der Waals surface area (Å²) >= 11 is 1.52. The molecule has 23 heavy (non-hydrogen) atoms. The molecule has 1 amide bonds. The zero-order valence-corrected chi connectivity index (χ0v) is 12.9. The van der Waals surface area contributed by atoms with E-state index in [2.05, 4.69) is 5.10 Å². The number of nitrogens with zero attached hydrogens (tertiary/aromatic N) is 2. The average molecular weight is 331 g/mol. The Morgan fingerprint density at radius 3 is 3.13 bits per heavy atom. The molecule has 4 rings (SSSR count). The van der Waals surface area contributed by atoms with Crippen molar-refractivity contribution in [1.29, 1.82) is 0 Å². The van der Waals surface area contributed by atoms with Crippen LogP contribution in [0.1, 0.15) is 5.56 Å². The van der Waals surface area contributed by atoms with Gasteiger partial charge in [-0.2, -0.15) is 5.10 Å². The van der Waals surface area contributed by atoms with Gasteiger partial charge in [0.05, 0.1) is 11.8 Å². The molecule has 4 heterocycles. The Kier molecular flexibility index (Phi) is 3.17. The molecule has 2 atom stereocenters. The van der Waals surface area contributed by atoms with Crippen LogP contribution in [0, 0.1) is 0 Å². The van der Waals surface area contributed by atoms with Crippen LogP contribution in [0.2, 0.25) is 0 Å². The summed E-state index contributed by atoms with van der Waals surface area (Å²) in [5.41, 5.74) is 8.58. The number of nitrogens with one attached hydrogen (secondary N) is 1. The third kappa shape index (κ3) is 2.06. The molecule has 0 unspecified atom stereocenters. The summed E-state index contributed by atoms with van der Waals surface area (Å²) in [4.78, 5) is 25.0. The van der Waals surface area contributed by atoms with E-state index in [0.717, 1.165) is 16.7 Å². The summed E-state index contributed by atoms with van der Waals surface area (Å²) in [7, 11) is 0. The van der Waals surface area contributed by atoms with Gasteiger partial charge >= 0.3 is 5.97 Å². The SMILES string of the molecule is N[C@@H]1C(=O)N2C(C(=O)O)=C(Cc3c[nH][n+]4ccccc34)CS[C@H]12. The van der Waals surface area contributed by atoms with Crippen LogP contribution in [0.4, 0.5) is 0 Å². The number of hydrogen-bond donors (Lipinski definition) is 3. The van der Waals surface area contributed by atoms with Crippen molar-refractivity contribution >= 4 is 29.2 Å². The lowest BCUT2D eigenvalue weighted by Crippen LogP contribution is -2.68. The molecule has 1 fully saturated rings. The summed E-state index contributed by atoms with van der Waals surface area (Å²) in [6, 6.07) is 5.22. The minimum absolute atomic E-state index is 0.0933. The third-order valence-electron chi connectivity index (χ3n) is 4.26. The number of aromatic amines is 1. The molecule has 0 aromatic carbocycles. The number of β-lactam (4-membered cyclic amide) rings is 1. The molecule has 0 spiro atoms. The molecule has 0 bridgehead atoms. The molecule has 0 saturated carbocycles. The van der Waals surface area contributed by atoms with Gasteiger partial charge in [0.1, 0.15) is 17.1 Å². The first kappa shape index (κ1) is 14.3. The third-order valence-corrected chi connectivity index (χ3v) is 5.62. The van der Waals surface area contributed by atoms with E-state index in [-0.39, 0.29) is 17.0 Å². The maximum atomic E-state index is 12.0. The van der Waals surface area contributed by atoms with Crippen molar-refractivity contribution in [2.24, 2.45) is 5.73 Å². The van der Waals surface area contributed by atoms with Crippen LogP contribution in [-0.4, -0.2) is 44.2 Å². The molecular weight excluding hydrogens is 316 g/mol. The number of carbonyl (C=O) groups excluding carboxylic acids is 1. The summed E-state index contributed by atoms with van der Waals surface area (Å²) < 4.78 is 1.87. The van der Waals surface area contributed by atoms with Crippen molar-refractivity contribution < 1.29 is 19.2 Å². The second-order valence-corrected chi connectivity index (χ2v) is 6.73. The summed E-state index contributed by atoms with van der Waals surface area (Å²) in [5.74, 6) is -0.822. The molecule has 0 radical (unpaired) electrons. The van der Waals surface area contributed by atoms with Crippen molar-refractivity contribution in [3.05, 3.63) is 47.4 Å². The van der Waals surface area contributed by atoms with Gasteiger partial charge in [0.25, 0.3) is 0 Å². The first-order chi connectivity index (χ1) is 11.1. The lowest BCUT2D eigenvalue weighted by atomic mass is 10.00. The largest absolute Gasteiger partial charge is 0.477 e. The smallest absolute Gasteiger partial charge is 0.352 e. The molecule has 7 nitrogen and oxygen atoms in total. The van der Waals surface area contributed by atoms with Crippen LogP contribution >= 0.6 is 11.8 Å². The number of carboxylic acid groups (broad SMARTS) is 1. The highest BCUT2D eigenvalue weighted by molar-refractivity contribution is 8.00. The fourth-order valence-corrected chi connectivity index (χ4v) is 4.42. The minimum Gasteiger partial charge on any atom is -0.477 e. The standard InChI is InChI=1S/C15H14N4O3S/c16-11-13(20)19-12(15(21)22)9(7-23-14(11)19)5-8-6-17-18-4-2-1-3-10(8)18/h1-4,6,11,14H,5,7,16H2,(H,21,22)/p+1/t11-,14-/m1/s1. The molecule has 2 aromatic rings. The van der Waals surface area contributed by atoms with Crippen LogP contribution in [0.15, 0.2) is 41.9 Å². The lowest BCUT2D eigenvalue weighted by molar-refractivity contribution is -0.576. The first-order valence-corrected chi connectivity index (χ1v) is 8.25. The average Bonchev–Trinajstić information content (AvgIpc) is 2.96. The molecule has 0 aliphatic carbocycles. The lowest BCUT2D eigenvalue weighted by Gasteiger charge is -2.48. The topological polar surface area (TPSA) is 104 Å². The number of hydrogen-bond acceptors (Lipinski definition) is 4. The Bertz CT molecular complexity index is 859. The van der Waals surface area contributed by atoms with Gasteiger partial charge in [-0.05, 0) is 11.6 Å². The number of carbonyl (C=O) groups is 2. The highest BCUT2D eigenvalue weighted by atomic mass is 32.2. The number of H-pyrrole nitrogens is 1. The minimum atomic E-state index is -1.07. The number of thioether (sulfide) groups is 1. The summed E-state index contributed by atoms with van der Waals surface area (Å²) in [5, 5.41) is 12.4. The number of rotatable bonds is 3. The zero-order chi connectivity index (χ0) is 16.1. The number of carboxylic acids is 1. The second-order valence-electron chi connectivity index (χ2n) is 5.62. The Labute approximate surface area is 135 Å². The van der Waals surface area contributed by atoms with Crippen molar-refractivity contribution in [2.75, 3.05) is 5.75 Å². The van der Waals surface area contributed by atoms with E-state index in [1.807, 2.05) is 35.1 Å². The predicted octanol–water partition coefficient (Wildman–Crippen LogP) is -0.123. The predicted molar refractivity (Wildman–Crippen MR) is 83.4 cm³/mol. The number of nitrogens with two attached hydrogens (primary N) is 1. The van der Waals surface area contributed by atoms with Crippen LogP contribution < -0.4 is 10.2 Å². The summed E-state index contributed by atoms with van der Waals surface area (Å²) in [6.07, 6.45) is 4.24. The van der Waals surface area contributed by atoms with Gasteiger partial charge in [0.15, 0.2) is 6.20 Å². The Hall–Kier alpha value is -2.32. The van der Waals surface area contributed by atoms with E-state index in [4.69, 9.17) is 5.73 Å². The van der Waals surface area contributed by atoms with Gasteiger partial charge in [0.2, 0.25) is 11.4 Å². The highest BCUT2D eigenvalue weighted by Gasteiger charge is 2.51. The van der Waals surface area contributed by atoms with Gasteiger partial charge in [-0.3, -0.25) is 9.69 Å². The molecule has 2 aliphatic heterocycles. The molecule has 2 aliphatic rings. The fourth-order valence-electron chi connectivity index (χ4n) is 3.13. The molecule has 2 aromatic heterocycles. The van der Waals surface area contributed by atoms with Crippen molar-refractivity contribution in [3.8, 4) is 0 Å². The molecule has 4 N–H and O–H groups in total. The number of aliphatic carboxylic acids is 1. The summed E-state index contributed by atoms with van der Waals surface area (Å²) in [6.45, 7) is 0. The van der Waals surface area contributed by atoms with Gasteiger partial charge in [-0.1, -0.05) is 4.52 Å². The molecule has 1 saturated heterocycles. The monoisotopic (exact) mass is 331 g/mol. The van der Waals surface area contributed by atoms with Crippen molar-refractivity contribution in [2.45, 2.75) is 17.8 Å². The highest BCUT2D eigenvalue weighted by Crippen LogP contribution is 2.40. The van der Waals surface area contributed by atoms with Gasteiger partial charge < -0.3 is 10.8 Å². The van der Waals surface area contributed by atoms with Gasteiger partial charge in [-0.15, -0.1) is 11.8 Å². The van der Waals surface area contributed by atoms with E-state index >= 15 is 0 Å². The van der Waals surface area contributed by atoms with Crippen LogP contribution in [0.3, 0.4) is 0 Å². The van der Waals surface area contributed by atoms with Crippen molar-refractivity contribution in [1.82, 2.24) is 10.00 Å². The van der Waals surface area contributed by atoms with Crippen molar-refractivity contribution in [3.63, 3.8) is 0 Å². The molecule has 8 heteroatoms. The van der Waals surface area contributed by atoms with Gasteiger partial charge in [0, 0.05) is 24.3 Å². The number of fused-ring (bicyclic) bond motifs is 2. The van der Waals surface area contributed by atoms with E-state index < -0.39 is 12.0 Å². The quantitative estimate of drug-likeness (QED) is 0.537. The Morgan fingerprint density at radius 2 is 2.35 bits per heavy atom. The zero-order valence-electron chi connectivity index (χ0n) is 12.1. The number of pyridine rings is 1. The van der Waals surface area contributed by atoms with Crippen LogP contribution in [0.5, 0.6) is 0 Å². The molecular formula is C15H15N4O3S+. The van der Waals surface area contributed by atoms with Gasteiger partial charge in [-0.25, -0.2) is 4.79 Å². The maximum Gasteiger partial charge on any atom is 0.352 e. The van der Waals surface area contributed by atoms with E-state index in [0.29, 0.717) is 12.2 Å². The Balaban J connectivity index is 1.74. The maximum absolute atomic E-state index is 12.0. The Morgan fingerprint density at radius 1 is 1.52 bits per heavy atom. The fraction of sp³-hybridized carbons (Fsp3) is 0.267. The van der Waals surface area contributed by atoms with Crippen LogP contribution in [0.25, 0.3) is 5.52 Å². The van der Waals surface area contributed by atoms with E-state index in [1.165, 1.54) is 16.7 Å². The number of aromatic nitrogens is 2. The van der Waals surface area contributed by atoms with Crippen LogP contribution in [-0.2, 0) is 16.0 Å². The first-order valence-electron chi connectivity index (χ1n) is 7.20.